The predicted octanol–water partition coefficient (Wildman–Crippen LogP) is 5.03. The van der Waals surface area contributed by atoms with Crippen molar-refractivity contribution >= 4 is 18.1 Å². The van der Waals surface area contributed by atoms with Crippen LogP contribution in [0.4, 0.5) is 0 Å². The first-order chi connectivity index (χ1) is 14.2. The molecule has 0 radical (unpaired) electrons. The predicted molar refractivity (Wildman–Crippen MR) is 113 cm³/mol. The van der Waals surface area contributed by atoms with Gasteiger partial charge >= 0.3 is 5.97 Å². The second kappa shape index (κ2) is 10.7. The average molecular weight is 389 g/mol. The van der Waals surface area contributed by atoms with Crippen LogP contribution in [0.15, 0.2) is 73.1 Å². The molecule has 1 heterocycles. The van der Waals surface area contributed by atoms with Crippen molar-refractivity contribution < 1.29 is 19.0 Å². The van der Waals surface area contributed by atoms with Gasteiger partial charge in [-0.3, -0.25) is 9.78 Å². The van der Waals surface area contributed by atoms with Crippen molar-refractivity contribution in [3.8, 4) is 17.2 Å². The van der Waals surface area contributed by atoms with Crippen molar-refractivity contribution in [2.45, 2.75) is 13.3 Å². The summed E-state index contributed by atoms with van der Waals surface area (Å²) in [5, 5.41) is 0. The number of hydrogen-bond donors (Lipinski definition) is 0. The number of hydrogen-bond acceptors (Lipinski definition) is 5. The molecular formula is C24H23NO4. The normalized spacial score (nSPS) is 10.7. The fourth-order valence-corrected chi connectivity index (χ4v) is 2.59. The van der Waals surface area contributed by atoms with Crippen LogP contribution in [0.5, 0.6) is 17.2 Å². The van der Waals surface area contributed by atoms with Gasteiger partial charge < -0.3 is 14.2 Å². The van der Waals surface area contributed by atoms with Gasteiger partial charge in [-0.1, -0.05) is 36.4 Å². The molecule has 0 saturated carbocycles. The number of aromatic nitrogens is 1. The van der Waals surface area contributed by atoms with Crippen molar-refractivity contribution in [1.29, 1.82) is 0 Å². The minimum Gasteiger partial charge on any atom is -0.493 e. The summed E-state index contributed by atoms with van der Waals surface area (Å²) in [4.78, 5) is 16.2. The van der Waals surface area contributed by atoms with Gasteiger partial charge in [-0.15, -0.1) is 0 Å². The van der Waals surface area contributed by atoms with Crippen LogP contribution in [0.3, 0.4) is 0 Å². The lowest BCUT2D eigenvalue weighted by molar-refractivity contribution is -0.135. The molecule has 0 bridgehead atoms. The standard InChI is InChI=1S/C24H23NO4/c1-2-27-23-18-20(9-8-19-12-15-25-16-13-19)10-11-22(23)29-24(26)14-17-28-21-6-4-3-5-7-21/h3-13,15-16,18H,2,14,17H2,1H3/b9-8+. The number of rotatable bonds is 9. The number of ether oxygens (including phenoxy) is 3. The molecule has 0 saturated heterocycles. The fourth-order valence-electron chi connectivity index (χ4n) is 2.59. The Bertz CT molecular complexity index is 940. The second-order valence-electron chi connectivity index (χ2n) is 6.14. The molecule has 1 aromatic heterocycles. The summed E-state index contributed by atoms with van der Waals surface area (Å²) in [6, 6.07) is 18.7. The molecule has 0 aliphatic rings. The Balaban J connectivity index is 1.60. The Morgan fingerprint density at radius 1 is 0.897 bits per heavy atom. The quantitative estimate of drug-likeness (QED) is 0.380. The minimum absolute atomic E-state index is 0.143. The molecule has 0 amide bonds. The van der Waals surface area contributed by atoms with E-state index in [-0.39, 0.29) is 19.0 Å². The van der Waals surface area contributed by atoms with Gasteiger partial charge in [-0.05, 0) is 54.4 Å². The number of esters is 1. The molecule has 2 aromatic carbocycles. The van der Waals surface area contributed by atoms with Gasteiger partial charge in [0.1, 0.15) is 5.75 Å². The van der Waals surface area contributed by atoms with Crippen molar-refractivity contribution in [1.82, 2.24) is 4.98 Å². The number of carbonyl (C=O) groups is 1. The molecule has 3 aromatic rings. The average Bonchev–Trinajstić information content (AvgIpc) is 2.75. The second-order valence-corrected chi connectivity index (χ2v) is 6.14. The van der Waals surface area contributed by atoms with Crippen LogP contribution in [0, 0.1) is 0 Å². The Hall–Kier alpha value is -3.60. The zero-order valence-corrected chi connectivity index (χ0v) is 16.3. The first-order valence-corrected chi connectivity index (χ1v) is 9.48. The minimum atomic E-state index is -0.373. The van der Waals surface area contributed by atoms with Gasteiger partial charge in [0.25, 0.3) is 0 Å². The molecule has 0 N–H and O–H groups in total. The maximum absolute atomic E-state index is 12.2. The molecular weight excluding hydrogens is 366 g/mol. The van der Waals surface area contributed by atoms with Gasteiger partial charge in [0.05, 0.1) is 19.6 Å². The molecule has 5 nitrogen and oxygen atoms in total. The molecule has 3 rings (SSSR count). The van der Waals surface area contributed by atoms with Crippen molar-refractivity contribution in [3.05, 3.63) is 84.2 Å². The zero-order valence-electron chi connectivity index (χ0n) is 16.3. The van der Waals surface area contributed by atoms with Crippen molar-refractivity contribution in [2.75, 3.05) is 13.2 Å². The molecule has 148 valence electrons. The third kappa shape index (κ3) is 6.50. The number of pyridine rings is 1. The Labute approximate surface area is 170 Å². The Kier molecular flexibility index (Phi) is 7.41. The van der Waals surface area contributed by atoms with E-state index >= 15 is 0 Å². The summed E-state index contributed by atoms with van der Waals surface area (Å²) >= 11 is 0. The highest BCUT2D eigenvalue weighted by Crippen LogP contribution is 2.29. The molecule has 0 fully saturated rings. The zero-order chi connectivity index (χ0) is 20.3. The van der Waals surface area contributed by atoms with Crippen LogP contribution in [0.1, 0.15) is 24.5 Å². The molecule has 0 aliphatic carbocycles. The summed E-state index contributed by atoms with van der Waals surface area (Å²) in [5.41, 5.74) is 1.99. The van der Waals surface area contributed by atoms with Crippen LogP contribution in [-0.4, -0.2) is 24.2 Å². The van der Waals surface area contributed by atoms with Crippen LogP contribution < -0.4 is 14.2 Å². The van der Waals surface area contributed by atoms with Crippen LogP contribution in [-0.2, 0) is 4.79 Å². The first kappa shape index (κ1) is 20.1. The molecule has 5 heteroatoms. The van der Waals surface area contributed by atoms with E-state index in [1.54, 1.807) is 18.5 Å². The summed E-state index contributed by atoms with van der Waals surface area (Å²) in [7, 11) is 0. The molecule has 0 aliphatic heterocycles. The lowest BCUT2D eigenvalue weighted by atomic mass is 10.1. The van der Waals surface area contributed by atoms with E-state index < -0.39 is 0 Å². The maximum Gasteiger partial charge on any atom is 0.314 e. The molecule has 0 spiro atoms. The van der Waals surface area contributed by atoms with E-state index in [0.29, 0.717) is 18.1 Å². The highest BCUT2D eigenvalue weighted by molar-refractivity contribution is 5.75. The monoisotopic (exact) mass is 389 g/mol. The summed E-state index contributed by atoms with van der Waals surface area (Å²) in [6.45, 7) is 2.61. The SMILES string of the molecule is CCOc1cc(/C=C/c2ccncc2)ccc1OC(=O)CCOc1ccccc1. The summed E-state index contributed by atoms with van der Waals surface area (Å²) in [5.74, 6) is 1.28. The van der Waals surface area contributed by atoms with E-state index in [1.165, 1.54) is 0 Å². The molecule has 29 heavy (non-hydrogen) atoms. The van der Waals surface area contributed by atoms with Gasteiger partial charge in [-0.25, -0.2) is 0 Å². The fraction of sp³-hybridized carbons (Fsp3) is 0.167. The lowest BCUT2D eigenvalue weighted by Crippen LogP contribution is -2.13. The number of carbonyl (C=O) groups excluding carboxylic acids is 1. The Morgan fingerprint density at radius 2 is 1.66 bits per heavy atom. The van der Waals surface area contributed by atoms with Crippen LogP contribution in [0.2, 0.25) is 0 Å². The van der Waals surface area contributed by atoms with E-state index in [0.717, 1.165) is 16.9 Å². The van der Waals surface area contributed by atoms with Gasteiger partial charge in [0.2, 0.25) is 0 Å². The third-order valence-electron chi connectivity index (χ3n) is 3.98. The summed E-state index contributed by atoms with van der Waals surface area (Å²) in [6.07, 6.45) is 7.59. The summed E-state index contributed by atoms with van der Waals surface area (Å²) < 4.78 is 16.7. The van der Waals surface area contributed by atoms with E-state index in [9.17, 15) is 4.79 Å². The van der Waals surface area contributed by atoms with Crippen LogP contribution >= 0.6 is 0 Å². The van der Waals surface area contributed by atoms with E-state index in [1.807, 2.05) is 73.7 Å². The van der Waals surface area contributed by atoms with Gasteiger partial charge in [0, 0.05) is 12.4 Å². The highest BCUT2D eigenvalue weighted by atomic mass is 16.6. The highest BCUT2D eigenvalue weighted by Gasteiger charge is 2.11. The van der Waals surface area contributed by atoms with E-state index in [4.69, 9.17) is 14.2 Å². The topological polar surface area (TPSA) is 57.7 Å². The van der Waals surface area contributed by atoms with E-state index in [2.05, 4.69) is 4.98 Å². The van der Waals surface area contributed by atoms with Crippen LogP contribution in [0.25, 0.3) is 12.2 Å². The third-order valence-corrected chi connectivity index (χ3v) is 3.98. The number of nitrogens with zero attached hydrogens (tertiary/aromatic N) is 1. The van der Waals surface area contributed by atoms with Crippen molar-refractivity contribution in [3.63, 3.8) is 0 Å². The van der Waals surface area contributed by atoms with Crippen molar-refractivity contribution in [2.24, 2.45) is 0 Å². The Morgan fingerprint density at radius 3 is 2.41 bits per heavy atom. The first-order valence-electron chi connectivity index (χ1n) is 9.48. The number of benzene rings is 2. The molecule has 0 atom stereocenters. The smallest absolute Gasteiger partial charge is 0.314 e. The molecule has 0 unspecified atom stereocenters. The van der Waals surface area contributed by atoms with Gasteiger partial charge in [-0.2, -0.15) is 0 Å². The lowest BCUT2D eigenvalue weighted by Gasteiger charge is -2.12. The maximum atomic E-state index is 12.2. The number of para-hydroxylation sites is 1. The largest absolute Gasteiger partial charge is 0.493 e. The van der Waals surface area contributed by atoms with Gasteiger partial charge in [0.15, 0.2) is 11.5 Å².